The molecule has 2 aliphatic rings. The van der Waals surface area contributed by atoms with Gasteiger partial charge in [0.1, 0.15) is 6.29 Å². The van der Waals surface area contributed by atoms with Gasteiger partial charge < -0.3 is 4.74 Å². The van der Waals surface area contributed by atoms with Crippen molar-refractivity contribution in [1.29, 1.82) is 0 Å². The van der Waals surface area contributed by atoms with Gasteiger partial charge in [-0.15, -0.1) is 11.8 Å². The first-order chi connectivity index (χ1) is 9.80. The molecule has 1 aromatic carbocycles. The molecule has 0 amide bonds. The SMILES string of the molecule is O=Cc1cccc(SC2CCOC3(CCSCC3)C2)c1. The molecule has 0 aliphatic carbocycles. The number of hydrogen-bond acceptors (Lipinski definition) is 4. The summed E-state index contributed by atoms with van der Waals surface area (Å²) in [6.45, 7) is 0.885. The largest absolute Gasteiger partial charge is 0.375 e. The Morgan fingerprint density at radius 3 is 3.00 bits per heavy atom. The molecular formula is C16H20O2S2. The monoisotopic (exact) mass is 308 g/mol. The highest BCUT2D eigenvalue weighted by Crippen LogP contribution is 2.42. The molecule has 3 rings (SSSR count). The molecule has 0 aromatic heterocycles. The number of carbonyl (C=O) groups excluding carboxylic acids is 1. The minimum absolute atomic E-state index is 0.142. The fourth-order valence-electron chi connectivity index (χ4n) is 3.03. The molecule has 2 aliphatic heterocycles. The van der Waals surface area contributed by atoms with Gasteiger partial charge in [-0.2, -0.15) is 11.8 Å². The Bertz CT molecular complexity index is 464. The molecule has 4 heteroatoms. The Morgan fingerprint density at radius 1 is 1.35 bits per heavy atom. The van der Waals surface area contributed by atoms with Crippen LogP contribution in [0.5, 0.6) is 0 Å². The zero-order valence-corrected chi connectivity index (χ0v) is 13.2. The van der Waals surface area contributed by atoms with Gasteiger partial charge in [0.15, 0.2) is 0 Å². The normalized spacial score (nSPS) is 25.5. The van der Waals surface area contributed by atoms with Crippen LogP contribution in [0.4, 0.5) is 0 Å². The Hall–Kier alpha value is -0.450. The fourth-order valence-corrected chi connectivity index (χ4v) is 5.61. The number of thioether (sulfide) groups is 2. The summed E-state index contributed by atoms with van der Waals surface area (Å²) in [7, 11) is 0. The summed E-state index contributed by atoms with van der Waals surface area (Å²) in [5.74, 6) is 2.47. The van der Waals surface area contributed by atoms with Crippen LogP contribution in [-0.2, 0) is 4.74 Å². The van der Waals surface area contributed by atoms with E-state index in [1.807, 2.05) is 41.7 Å². The summed E-state index contributed by atoms with van der Waals surface area (Å²) in [6.07, 6.45) is 5.59. The minimum Gasteiger partial charge on any atom is -0.375 e. The van der Waals surface area contributed by atoms with E-state index in [9.17, 15) is 4.79 Å². The van der Waals surface area contributed by atoms with Crippen LogP contribution >= 0.6 is 23.5 Å². The second-order valence-corrected chi connectivity index (χ2v) is 8.17. The van der Waals surface area contributed by atoms with Crippen molar-refractivity contribution in [1.82, 2.24) is 0 Å². The Kier molecular flexibility index (Phi) is 4.74. The van der Waals surface area contributed by atoms with Crippen molar-refractivity contribution in [2.75, 3.05) is 18.1 Å². The Labute approximate surface area is 129 Å². The maximum Gasteiger partial charge on any atom is 0.150 e. The third-order valence-corrected chi connectivity index (χ3v) is 6.40. The van der Waals surface area contributed by atoms with Gasteiger partial charge in [0.25, 0.3) is 0 Å². The first-order valence-electron chi connectivity index (χ1n) is 7.23. The number of carbonyl (C=O) groups is 1. The van der Waals surface area contributed by atoms with Gasteiger partial charge in [-0.3, -0.25) is 4.79 Å². The van der Waals surface area contributed by atoms with Gasteiger partial charge in [-0.05, 0) is 49.3 Å². The van der Waals surface area contributed by atoms with E-state index >= 15 is 0 Å². The highest BCUT2D eigenvalue weighted by atomic mass is 32.2. The summed E-state index contributed by atoms with van der Waals surface area (Å²) in [5, 5.41) is 0.619. The van der Waals surface area contributed by atoms with Gasteiger partial charge in [-0.1, -0.05) is 12.1 Å². The van der Waals surface area contributed by atoms with Crippen molar-refractivity contribution in [3.8, 4) is 0 Å². The van der Waals surface area contributed by atoms with Crippen LogP contribution < -0.4 is 0 Å². The number of rotatable bonds is 3. The van der Waals surface area contributed by atoms with Gasteiger partial charge in [0, 0.05) is 22.3 Å². The average molecular weight is 308 g/mol. The van der Waals surface area contributed by atoms with Crippen molar-refractivity contribution in [3.05, 3.63) is 29.8 Å². The molecule has 2 heterocycles. The molecule has 1 atom stereocenters. The zero-order valence-electron chi connectivity index (χ0n) is 11.5. The highest BCUT2D eigenvalue weighted by molar-refractivity contribution is 8.00. The molecule has 0 bridgehead atoms. The Balaban J connectivity index is 1.66. The first-order valence-corrected chi connectivity index (χ1v) is 9.27. The van der Waals surface area contributed by atoms with Crippen LogP contribution in [0.3, 0.4) is 0 Å². The van der Waals surface area contributed by atoms with Crippen LogP contribution in [0.1, 0.15) is 36.0 Å². The molecule has 1 aromatic rings. The van der Waals surface area contributed by atoms with Gasteiger partial charge in [-0.25, -0.2) is 0 Å². The van der Waals surface area contributed by atoms with E-state index in [-0.39, 0.29) is 5.60 Å². The van der Waals surface area contributed by atoms with E-state index in [4.69, 9.17) is 4.74 Å². The lowest BCUT2D eigenvalue weighted by Crippen LogP contribution is -2.43. The zero-order chi connectivity index (χ0) is 13.8. The molecule has 0 radical (unpaired) electrons. The van der Waals surface area contributed by atoms with E-state index in [0.29, 0.717) is 5.25 Å². The number of benzene rings is 1. The predicted octanol–water partition coefficient (Wildman–Crippen LogP) is 4.04. The third-order valence-electron chi connectivity index (χ3n) is 4.15. The molecular weight excluding hydrogens is 288 g/mol. The summed E-state index contributed by atoms with van der Waals surface area (Å²) in [5.41, 5.74) is 0.912. The average Bonchev–Trinajstić information content (AvgIpc) is 2.48. The number of ether oxygens (including phenoxy) is 1. The molecule has 2 saturated heterocycles. The van der Waals surface area contributed by atoms with Crippen LogP contribution in [0.2, 0.25) is 0 Å². The van der Waals surface area contributed by atoms with E-state index < -0.39 is 0 Å². The predicted molar refractivity (Wildman–Crippen MR) is 86.0 cm³/mol. The second kappa shape index (κ2) is 6.54. The van der Waals surface area contributed by atoms with Crippen molar-refractivity contribution >= 4 is 29.8 Å². The molecule has 1 spiro atoms. The lowest BCUT2D eigenvalue weighted by Gasteiger charge is -2.43. The molecule has 2 nitrogen and oxygen atoms in total. The summed E-state index contributed by atoms with van der Waals surface area (Å²) in [6, 6.07) is 7.94. The van der Waals surface area contributed by atoms with Gasteiger partial charge >= 0.3 is 0 Å². The van der Waals surface area contributed by atoms with Gasteiger partial charge in [0.05, 0.1) is 5.60 Å². The summed E-state index contributed by atoms with van der Waals surface area (Å²) in [4.78, 5) is 12.1. The maximum atomic E-state index is 10.9. The van der Waals surface area contributed by atoms with E-state index in [1.165, 1.54) is 29.2 Å². The van der Waals surface area contributed by atoms with Crippen LogP contribution in [0.25, 0.3) is 0 Å². The van der Waals surface area contributed by atoms with Crippen LogP contribution in [0.15, 0.2) is 29.2 Å². The lowest BCUT2D eigenvalue weighted by atomic mass is 9.88. The summed E-state index contributed by atoms with van der Waals surface area (Å²) >= 11 is 3.96. The third kappa shape index (κ3) is 3.41. The molecule has 0 N–H and O–H groups in total. The van der Waals surface area contributed by atoms with E-state index in [0.717, 1.165) is 31.3 Å². The molecule has 108 valence electrons. The quantitative estimate of drug-likeness (QED) is 0.787. The topological polar surface area (TPSA) is 26.3 Å². The smallest absolute Gasteiger partial charge is 0.150 e. The number of hydrogen-bond donors (Lipinski definition) is 0. The summed E-state index contributed by atoms with van der Waals surface area (Å²) < 4.78 is 6.14. The Morgan fingerprint density at radius 2 is 2.20 bits per heavy atom. The van der Waals surface area contributed by atoms with Crippen molar-refractivity contribution < 1.29 is 9.53 Å². The second-order valence-electron chi connectivity index (χ2n) is 5.57. The maximum absolute atomic E-state index is 10.9. The molecule has 1 unspecified atom stereocenters. The van der Waals surface area contributed by atoms with Crippen molar-refractivity contribution in [3.63, 3.8) is 0 Å². The number of aldehydes is 1. The van der Waals surface area contributed by atoms with E-state index in [2.05, 4.69) is 6.07 Å². The van der Waals surface area contributed by atoms with Crippen molar-refractivity contribution in [2.24, 2.45) is 0 Å². The lowest BCUT2D eigenvalue weighted by molar-refractivity contribution is -0.0804. The fraction of sp³-hybridized carbons (Fsp3) is 0.562. The van der Waals surface area contributed by atoms with Gasteiger partial charge in [0.2, 0.25) is 0 Å². The van der Waals surface area contributed by atoms with Crippen molar-refractivity contribution in [2.45, 2.75) is 41.4 Å². The highest BCUT2D eigenvalue weighted by Gasteiger charge is 2.38. The molecule has 2 fully saturated rings. The standard InChI is InChI=1S/C16H20O2S2/c17-12-13-2-1-3-14(10-13)20-15-4-7-18-16(11-15)5-8-19-9-6-16/h1-3,10,12,15H,4-9,11H2. The molecule has 20 heavy (non-hydrogen) atoms. The van der Waals surface area contributed by atoms with Crippen LogP contribution in [-0.4, -0.2) is 35.2 Å². The first kappa shape index (κ1) is 14.5. The van der Waals surface area contributed by atoms with E-state index in [1.54, 1.807) is 0 Å². The molecule has 0 saturated carbocycles. The van der Waals surface area contributed by atoms with Crippen LogP contribution in [0, 0.1) is 0 Å². The minimum atomic E-state index is 0.142.